The standard InChI is InChI=1S/C18H20N2/c1-14-8-6-7-11-18(14)15(2)20-13-17(12-19)16-9-4-3-5-10-16/h3-11,15,17,20H,13H2,1-2H3/t15-,17?/m1/s1. The molecule has 2 aromatic carbocycles. The lowest BCUT2D eigenvalue weighted by Crippen LogP contribution is -2.24. The SMILES string of the molecule is Cc1ccccc1[C@@H](C)NCC(C#N)c1ccccc1. The highest BCUT2D eigenvalue weighted by molar-refractivity contribution is 5.29. The van der Waals surface area contributed by atoms with E-state index < -0.39 is 0 Å². The van der Waals surface area contributed by atoms with Crippen LogP contribution in [0.3, 0.4) is 0 Å². The van der Waals surface area contributed by atoms with Crippen LogP contribution in [-0.4, -0.2) is 6.54 Å². The summed E-state index contributed by atoms with van der Waals surface area (Å²) in [6.07, 6.45) is 0. The topological polar surface area (TPSA) is 35.8 Å². The highest BCUT2D eigenvalue weighted by atomic mass is 14.9. The Balaban J connectivity index is 2.01. The maximum atomic E-state index is 9.33. The zero-order valence-electron chi connectivity index (χ0n) is 12.0. The van der Waals surface area contributed by atoms with Gasteiger partial charge in [0.1, 0.15) is 0 Å². The molecule has 1 unspecified atom stereocenters. The van der Waals surface area contributed by atoms with Crippen LogP contribution in [0, 0.1) is 18.3 Å². The van der Waals surface area contributed by atoms with Crippen molar-refractivity contribution < 1.29 is 0 Å². The van der Waals surface area contributed by atoms with Crippen molar-refractivity contribution in [2.24, 2.45) is 0 Å². The van der Waals surface area contributed by atoms with Gasteiger partial charge in [-0.05, 0) is 30.5 Å². The van der Waals surface area contributed by atoms with Crippen molar-refractivity contribution in [1.29, 1.82) is 5.26 Å². The maximum Gasteiger partial charge on any atom is 0.0837 e. The van der Waals surface area contributed by atoms with Crippen molar-refractivity contribution in [3.8, 4) is 6.07 Å². The Hall–Kier alpha value is -2.11. The Morgan fingerprint density at radius 2 is 1.70 bits per heavy atom. The first-order valence-electron chi connectivity index (χ1n) is 6.96. The second-order valence-corrected chi connectivity index (χ2v) is 5.08. The summed E-state index contributed by atoms with van der Waals surface area (Å²) in [5.74, 6) is -0.109. The summed E-state index contributed by atoms with van der Waals surface area (Å²) in [5.41, 5.74) is 3.64. The molecule has 2 rings (SSSR count). The second kappa shape index (κ2) is 6.88. The molecule has 0 radical (unpaired) electrons. The summed E-state index contributed by atoms with van der Waals surface area (Å²) in [6, 6.07) is 20.9. The number of rotatable bonds is 5. The van der Waals surface area contributed by atoms with Crippen molar-refractivity contribution in [2.75, 3.05) is 6.54 Å². The van der Waals surface area contributed by atoms with Crippen LogP contribution in [-0.2, 0) is 0 Å². The first-order chi connectivity index (χ1) is 9.72. The van der Waals surface area contributed by atoms with Gasteiger partial charge in [-0.2, -0.15) is 5.26 Å². The molecule has 102 valence electrons. The van der Waals surface area contributed by atoms with Gasteiger partial charge in [-0.25, -0.2) is 0 Å². The molecule has 2 nitrogen and oxygen atoms in total. The third kappa shape index (κ3) is 3.46. The predicted molar refractivity (Wildman–Crippen MR) is 82.4 cm³/mol. The molecule has 0 fully saturated rings. The minimum absolute atomic E-state index is 0.109. The zero-order chi connectivity index (χ0) is 14.4. The maximum absolute atomic E-state index is 9.33. The lowest BCUT2D eigenvalue weighted by Gasteiger charge is -2.18. The van der Waals surface area contributed by atoms with E-state index in [4.69, 9.17) is 0 Å². The second-order valence-electron chi connectivity index (χ2n) is 5.08. The number of hydrogen-bond acceptors (Lipinski definition) is 2. The molecule has 2 atom stereocenters. The molecule has 1 N–H and O–H groups in total. The smallest absolute Gasteiger partial charge is 0.0837 e. The molecular formula is C18H20N2. The van der Waals surface area contributed by atoms with Gasteiger partial charge in [0.2, 0.25) is 0 Å². The Bertz CT molecular complexity index is 584. The normalized spacial score (nSPS) is 13.4. The van der Waals surface area contributed by atoms with Crippen molar-refractivity contribution in [2.45, 2.75) is 25.8 Å². The van der Waals surface area contributed by atoms with E-state index in [1.165, 1.54) is 11.1 Å². The molecule has 0 spiro atoms. The number of nitrogens with zero attached hydrogens (tertiary/aromatic N) is 1. The van der Waals surface area contributed by atoms with Crippen LogP contribution < -0.4 is 5.32 Å². The van der Waals surface area contributed by atoms with Crippen LogP contribution in [0.25, 0.3) is 0 Å². The number of nitrogens with one attached hydrogen (secondary N) is 1. The fourth-order valence-corrected chi connectivity index (χ4v) is 2.40. The van der Waals surface area contributed by atoms with Crippen LogP contribution in [0.1, 0.15) is 35.6 Å². The molecule has 0 amide bonds. The average molecular weight is 264 g/mol. The highest BCUT2D eigenvalue weighted by Gasteiger charge is 2.13. The van der Waals surface area contributed by atoms with E-state index in [1.54, 1.807) is 0 Å². The van der Waals surface area contributed by atoms with Gasteiger partial charge in [-0.1, -0.05) is 54.6 Å². The molecule has 0 bridgehead atoms. The average Bonchev–Trinajstić information content (AvgIpc) is 2.49. The van der Waals surface area contributed by atoms with Crippen LogP contribution in [0.5, 0.6) is 0 Å². The lowest BCUT2D eigenvalue weighted by molar-refractivity contribution is 0.556. The molecule has 2 aromatic rings. The fraction of sp³-hybridized carbons (Fsp3) is 0.278. The van der Waals surface area contributed by atoms with Crippen LogP contribution in [0.2, 0.25) is 0 Å². The van der Waals surface area contributed by atoms with Gasteiger partial charge < -0.3 is 5.32 Å². The van der Waals surface area contributed by atoms with Gasteiger partial charge in [0.15, 0.2) is 0 Å². The third-order valence-electron chi connectivity index (χ3n) is 3.64. The Kier molecular flexibility index (Phi) is 4.92. The van der Waals surface area contributed by atoms with E-state index in [2.05, 4.69) is 43.4 Å². The van der Waals surface area contributed by atoms with Gasteiger partial charge in [0, 0.05) is 12.6 Å². The van der Waals surface area contributed by atoms with Crippen LogP contribution in [0.4, 0.5) is 0 Å². The molecule has 0 aliphatic heterocycles. The lowest BCUT2D eigenvalue weighted by atomic mass is 9.98. The molecule has 0 heterocycles. The summed E-state index contributed by atoms with van der Waals surface area (Å²) < 4.78 is 0. The number of aryl methyl sites for hydroxylation is 1. The molecule has 0 aliphatic carbocycles. The zero-order valence-corrected chi connectivity index (χ0v) is 12.0. The van der Waals surface area contributed by atoms with Gasteiger partial charge in [-0.15, -0.1) is 0 Å². The minimum atomic E-state index is -0.109. The van der Waals surface area contributed by atoms with E-state index in [0.29, 0.717) is 6.54 Å². The van der Waals surface area contributed by atoms with E-state index in [-0.39, 0.29) is 12.0 Å². The molecular weight excluding hydrogens is 244 g/mol. The largest absolute Gasteiger partial charge is 0.309 e. The molecule has 0 aliphatic rings. The fourth-order valence-electron chi connectivity index (χ4n) is 2.40. The summed E-state index contributed by atoms with van der Waals surface area (Å²) in [4.78, 5) is 0. The highest BCUT2D eigenvalue weighted by Crippen LogP contribution is 2.19. The van der Waals surface area contributed by atoms with Crippen LogP contribution in [0.15, 0.2) is 54.6 Å². The first-order valence-corrected chi connectivity index (χ1v) is 6.96. The molecule has 0 saturated carbocycles. The quantitative estimate of drug-likeness (QED) is 0.887. The monoisotopic (exact) mass is 264 g/mol. The first kappa shape index (κ1) is 14.3. The summed E-state index contributed by atoms with van der Waals surface area (Å²) in [6.45, 7) is 4.92. The Morgan fingerprint density at radius 3 is 2.35 bits per heavy atom. The molecule has 0 saturated heterocycles. The van der Waals surface area contributed by atoms with E-state index in [1.807, 2.05) is 36.4 Å². The van der Waals surface area contributed by atoms with Gasteiger partial charge in [-0.3, -0.25) is 0 Å². The Morgan fingerprint density at radius 1 is 1.05 bits per heavy atom. The number of nitriles is 1. The van der Waals surface area contributed by atoms with E-state index in [0.717, 1.165) is 5.56 Å². The van der Waals surface area contributed by atoms with Crippen molar-refractivity contribution in [1.82, 2.24) is 5.32 Å². The predicted octanol–water partition coefficient (Wildman–Crippen LogP) is 3.95. The Labute approximate surface area is 121 Å². The van der Waals surface area contributed by atoms with Crippen molar-refractivity contribution >= 4 is 0 Å². The summed E-state index contributed by atoms with van der Waals surface area (Å²) in [7, 11) is 0. The van der Waals surface area contributed by atoms with E-state index >= 15 is 0 Å². The minimum Gasteiger partial charge on any atom is -0.309 e. The van der Waals surface area contributed by atoms with Crippen molar-refractivity contribution in [3.63, 3.8) is 0 Å². The molecule has 20 heavy (non-hydrogen) atoms. The van der Waals surface area contributed by atoms with E-state index in [9.17, 15) is 5.26 Å². The molecule has 0 aromatic heterocycles. The number of benzene rings is 2. The third-order valence-corrected chi connectivity index (χ3v) is 3.64. The van der Waals surface area contributed by atoms with Gasteiger partial charge in [0.05, 0.1) is 12.0 Å². The van der Waals surface area contributed by atoms with Crippen LogP contribution >= 0.6 is 0 Å². The van der Waals surface area contributed by atoms with Gasteiger partial charge >= 0.3 is 0 Å². The number of hydrogen-bond donors (Lipinski definition) is 1. The summed E-state index contributed by atoms with van der Waals surface area (Å²) in [5, 5.41) is 12.8. The van der Waals surface area contributed by atoms with Gasteiger partial charge in [0.25, 0.3) is 0 Å². The summed E-state index contributed by atoms with van der Waals surface area (Å²) >= 11 is 0. The van der Waals surface area contributed by atoms with Crippen molar-refractivity contribution in [3.05, 3.63) is 71.3 Å². The molecule has 2 heteroatoms.